The third-order valence-corrected chi connectivity index (χ3v) is 3.53. The number of unbranched alkanes of at least 4 members (excludes halogenated alkanes) is 2. The lowest BCUT2D eigenvalue weighted by Crippen LogP contribution is -2.08. The number of carbonyl (C=O) groups is 1. The summed E-state index contributed by atoms with van der Waals surface area (Å²) in [7, 11) is 0. The number of alkyl halides is 1. The molecule has 0 radical (unpaired) electrons. The molecule has 0 aliphatic heterocycles. The predicted octanol–water partition coefficient (Wildman–Crippen LogP) is 5.51. The molecule has 1 aromatic rings. The molecule has 0 fully saturated rings. The highest BCUT2D eigenvalue weighted by molar-refractivity contribution is 9.09. The van der Waals surface area contributed by atoms with E-state index in [1.165, 1.54) is 12.1 Å². The summed E-state index contributed by atoms with van der Waals surface area (Å²) in [6, 6.07) is 2.98. The zero-order valence-corrected chi connectivity index (χ0v) is 13.4. The lowest BCUT2D eigenvalue weighted by Gasteiger charge is -2.08. The highest BCUT2D eigenvalue weighted by atomic mass is 79.9. The highest BCUT2D eigenvalue weighted by Gasteiger charge is 2.13. The first-order valence-corrected chi connectivity index (χ1v) is 7.71. The van der Waals surface area contributed by atoms with Crippen LogP contribution in [0.25, 0.3) is 0 Å². The Morgan fingerprint density at radius 3 is 2.28 bits per heavy atom. The SMILES string of the molecule is O=C(CCCCCBr)Oc1c(Cl)cc(Cl)cc1Cl. The fourth-order valence-corrected chi connectivity index (χ4v) is 2.62. The van der Waals surface area contributed by atoms with Crippen LogP contribution >= 0.6 is 50.7 Å². The Labute approximate surface area is 130 Å². The first-order chi connectivity index (χ1) is 8.54. The third kappa shape index (κ3) is 5.35. The van der Waals surface area contributed by atoms with Crippen LogP contribution in [0.15, 0.2) is 12.1 Å². The fraction of sp³-hybridized carbons (Fsp3) is 0.417. The maximum atomic E-state index is 11.6. The average molecular weight is 374 g/mol. The van der Waals surface area contributed by atoms with Gasteiger partial charge in [0.1, 0.15) is 0 Å². The summed E-state index contributed by atoms with van der Waals surface area (Å²) in [6.07, 6.45) is 3.15. The summed E-state index contributed by atoms with van der Waals surface area (Å²) in [6.45, 7) is 0. The Bertz CT molecular complexity index is 401. The van der Waals surface area contributed by atoms with E-state index in [2.05, 4.69) is 15.9 Å². The highest BCUT2D eigenvalue weighted by Crippen LogP contribution is 2.36. The minimum absolute atomic E-state index is 0.174. The van der Waals surface area contributed by atoms with Crippen molar-refractivity contribution in [1.29, 1.82) is 0 Å². The van der Waals surface area contributed by atoms with Gasteiger partial charge in [-0.3, -0.25) is 4.79 Å². The molecular weight excluding hydrogens is 362 g/mol. The normalized spacial score (nSPS) is 10.4. The second kappa shape index (κ2) is 8.26. The van der Waals surface area contributed by atoms with Crippen LogP contribution in [0.5, 0.6) is 5.75 Å². The molecule has 2 nitrogen and oxygen atoms in total. The lowest BCUT2D eigenvalue weighted by atomic mass is 10.2. The van der Waals surface area contributed by atoms with Gasteiger partial charge >= 0.3 is 5.97 Å². The van der Waals surface area contributed by atoms with Gasteiger partial charge in [-0.05, 0) is 25.0 Å². The summed E-state index contributed by atoms with van der Waals surface area (Å²) in [5, 5.41) is 1.82. The van der Waals surface area contributed by atoms with Crippen molar-refractivity contribution >= 4 is 56.7 Å². The number of hydrogen-bond donors (Lipinski definition) is 0. The van der Waals surface area contributed by atoms with Crippen molar-refractivity contribution in [2.75, 3.05) is 5.33 Å². The topological polar surface area (TPSA) is 26.3 Å². The molecule has 0 aromatic heterocycles. The number of rotatable bonds is 6. The van der Waals surface area contributed by atoms with E-state index < -0.39 is 0 Å². The van der Waals surface area contributed by atoms with Crippen molar-refractivity contribution in [3.8, 4) is 5.75 Å². The Balaban J connectivity index is 2.54. The van der Waals surface area contributed by atoms with Crippen LogP contribution in [-0.2, 0) is 4.79 Å². The van der Waals surface area contributed by atoms with Gasteiger partial charge < -0.3 is 4.74 Å². The average Bonchev–Trinajstić information content (AvgIpc) is 2.29. The van der Waals surface area contributed by atoms with Crippen molar-refractivity contribution < 1.29 is 9.53 Å². The molecule has 0 atom stereocenters. The molecule has 6 heteroatoms. The van der Waals surface area contributed by atoms with Crippen molar-refractivity contribution in [2.45, 2.75) is 25.7 Å². The molecule has 0 aliphatic carbocycles. The fourth-order valence-electron chi connectivity index (χ4n) is 1.33. The van der Waals surface area contributed by atoms with Crippen molar-refractivity contribution in [2.24, 2.45) is 0 Å². The van der Waals surface area contributed by atoms with Gasteiger partial charge in [-0.25, -0.2) is 0 Å². The smallest absolute Gasteiger partial charge is 0.311 e. The van der Waals surface area contributed by atoms with Gasteiger partial charge in [-0.1, -0.05) is 57.2 Å². The van der Waals surface area contributed by atoms with Gasteiger partial charge in [0.15, 0.2) is 5.75 Å². The first kappa shape index (κ1) is 16.1. The van der Waals surface area contributed by atoms with Crippen LogP contribution in [0, 0.1) is 0 Å². The molecule has 100 valence electrons. The maximum Gasteiger partial charge on any atom is 0.311 e. The molecule has 0 unspecified atom stereocenters. The Kier molecular flexibility index (Phi) is 7.38. The first-order valence-electron chi connectivity index (χ1n) is 5.45. The Hall–Kier alpha value is 0.0400. The molecule has 0 bridgehead atoms. The number of esters is 1. The van der Waals surface area contributed by atoms with Crippen molar-refractivity contribution in [3.05, 3.63) is 27.2 Å². The maximum absolute atomic E-state index is 11.6. The molecular formula is C12H12BrCl3O2. The minimum Gasteiger partial charge on any atom is -0.423 e. The Morgan fingerprint density at radius 1 is 1.11 bits per heavy atom. The van der Waals surface area contributed by atoms with Gasteiger partial charge in [0.2, 0.25) is 0 Å². The molecule has 1 rings (SSSR count). The zero-order chi connectivity index (χ0) is 13.5. The van der Waals surface area contributed by atoms with Gasteiger partial charge in [-0.15, -0.1) is 0 Å². The number of carbonyl (C=O) groups excluding carboxylic acids is 1. The van der Waals surface area contributed by atoms with Gasteiger partial charge in [-0.2, -0.15) is 0 Å². The molecule has 18 heavy (non-hydrogen) atoms. The van der Waals surface area contributed by atoms with Crippen LogP contribution < -0.4 is 4.74 Å². The second-order valence-corrected chi connectivity index (χ2v) is 5.72. The van der Waals surface area contributed by atoms with E-state index in [0.29, 0.717) is 11.4 Å². The summed E-state index contributed by atoms with van der Waals surface area (Å²) < 4.78 is 5.14. The quantitative estimate of drug-likeness (QED) is 0.284. The zero-order valence-electron chi connectivity index (χ0n) is 9.52. The third-order valence-electron chi connectivity index (χ3n) is 2.19. The molecule has 0 aliphatic rings. The minimum atomic E-state index is -0.337. The van der Waals surface area contributed by atoms with Gasteiger partial charge in [0.05, 0.1) is 10.0 Å². The van der Waals surface area contributed by atoms with Crippen molar-refractivity contribution in [3.63, 3.8) is 0 Å². The summed E-state index contributed by atoms with van der Waals surface area (Å²) in [4.78, 5) is 11.6. The van der Waals surface area contributed by atoms with E-state index in [-0.39, 0.29) is 21.8 Å². The van der Waals surface area contributed by atoms with Gasteiger partial charge in [0, 0.05) is 16.8 Å². The second-order valence-electron chi connectivity index (χ2n) is 3.67. The van der Waals surface area contributed by atoms with Crippen LogP contribution in [0.4, 0.5) is 0 Å². The monoisotopic (exact) mass is 372 g/mol. The standard InChI is InChI=1S/C12H12BrCl3O2/c13-5-3-1-2-4-11(17)18-12-9(15)6-8(14)7-10(12)16/h6-7H,1-5H2. The van der Waals surface area contributed by atoms with Crippen LogP contribution in [-0.4, -0.2) is 11.3 Å². The van der Waals surface area contributed by atoms with E-state index in [1.807, 2.05) is 0 Å². The van der Waals surface area contributed by atoms with E-state index in [0.717, 1.165) is 24.6 Å². The van der Waals surface area contributed by atoms with Crippen molar-refractivity contribution in [1.82, 2.24) is 0 Å². The number of halogens is 4. The number of hydrogen-bond acceptors (Lipinski definition) is 2. The van der Waals surface area contributed by atoms with E-state index >= 15 is 0 Å². The number of benzene rings is 1. The molecule has 0 amide bonds. The molecule has 0 saturated heterocycles. The summed E-state index contributed by atoms with van der Waals surface area (Å²) in [5.41, 5.74) is 0. The lowest BCUT2D eigenvalue weighted by molar-refractivity contribution is -0.134. The molecule has 0 heterocycles. The van der Waals surface area contributed by atoms with E-state index in [9.17, 15) is 4.79 Å². The van der Waals surface area contributed by atoms with E-state index in [4.69, 9.17) is 39.5 Å². The summed E-state index contributed by atoms with van der Waals surface area (Å²) in [5.74, 6) is -0.163. The Morgan fingerprint density at radius 2 is 1.72 bits per heavy atom. The largest absolute Gasteiger partial charge is 0.423 e. The molecule has 1 aromatic carbocycles. The predicted molar refractivity (Wildman–Crippen MR) is 79.4 cm³/mol. The number of ether oxygens (including phenoxy) is 1. The van der Waals surface area contributed by atoms with Gasteiger partial charge in [0.25, 0.3) is 0 Å². The van der Waals surface area contributed by atoms with Crippen LogP contribution in [0.3, 0.4) is 0 Å². The van der Waals surface area contributed by atoms with Crippen LogP contribution in [0.1, 0.15) is 25.7 Å². The van der Waals surface area contributed by atoms with E-state index in [1.54, 1.807) is 0 Å². The molecule has 0 spiro atoms. The van der Waals surface area contributed by atoms with Crippen LogP contribution in [0.2, 0.25) is 15.1 Å². The summed E-state index contributed by atoms with van der Waals surface area (Å²) >= 11 is 20.9. The molecule has 0 N–H and O–H groups in total. The molecule has 0 saturated carbocycles.